The molecule has 1 unspecified atom stereocenters. The Morgan fingerprint density at radius 1 is 0.844 bits per heavy atom. The van der Waals surface area contributed by atoms with Gasteiger partial charge in [-0.3, -0.25) is 14.4 Å². The topological polar surface area (TPSA) is 93.7 Å². The molecule has 0 saturated carbocycles. The minimum Gasteiger partial charge on any atom is -0.495 e. The maximum atomic E-state index is 13.3. The Morgan fingerprint density at radius 3 is 2.11 bits per heavy atom. The summed E-state index contributed by atoms with van der Waals surface area (Å²) in [6.07, 6.45) is 2.66. The van der Waals surface area contributed by atoms with Gasteiger partial charge in [-0.15, -0.1) is 0 Å². The monoisotopic (exact) mass is 698 g/mol. The number of ketones is 1. The van der Waals surface area contributed by atoms with Gasteiger partial charge in [-0.25, -0.2) is 0 Å². The molecule has 0 fully saturated rings. The van der Waals surface area contributed by atoms with Crippen molar-refractivity contribution >= 4 is 56.5 Å². The van der Waals surface area contributed by atoms with E-state index in [1.807, 2.05) is 6.07 Å². The van der Waals surface area contributed by atoms with Crippen LogP contribution in [-0.4, -0.2) is 35.1 Å². The molecule has 242 valence electrons. The third-order valence-corrected chi connectivity index (χ3v) is 9.46. The first-order valence-corrected chi connectivity index (χ1v) is 16.4. The maximum Gasteiger partial charge on any atom is 0.264 e. The van der Waals surface area contributed by atoms with Crippen LogP contribution >= 0.6 is 27.5 Å². The van der Waals surface area contributed by atoms with Crippen LogP contribution in [0.15, 0.2) is 66.7 Å². The fourth-order valence-electron chi connectivity index (χ4n) is 4.59. The molecular weight excluding hydrogens is 656 g/mol. The molecule has 0 aliphatic rings. The normalized spacial score (nSPS) is 13.0. The molecule has 3 aromatic rings. The number of ether oxygens (including phenoxy) is 2. The van der Waals surface area contributed by atoms with E-state index in [4.69, 9.17) is 21.1 Å². The lowest BCUT2D eigenvalue weighted by molar-refractivity contribution is -0.117. The van der Waals surface area contributed by atoms with Crippen LogP contribution in [0.4, 0.5) is 11.4 Å². The van der Waals surface area contributed by atoms with Crippen molar-refractivity contribution in [1.29, 1.82) is 0 Å². The minimum absolute atomic E-state index is 0.0620. The Hall–Kier alpha value is -3.36. The van der Waals surface area contributed by atoms with Gasteiger partial charge >= 0.3 is 0 Å². The van der Waals surface area contributed by atoms with Crippen LogP contribution in [0.1, 0.15) is 88.7 Å². The molecule has 3 rings (SSSR count). The average Bonchev–Trinajstić information content (AvgIpc) is 3.03. The molecule has 0 aromatic heterocycles. The second-order valence-corrected chi connectivity index (χ2v) is 14.5. The first-order valence-electron chi connectivity index (χ1n) is 15.2. The molecule has 45 heavy (non-hydrogen) atoms. The molecule has 0 saturated heterocycles. The molecule has 3 aromatic carbocycles. The Morgan fingerprint density at radius 2 is 1.49 bits per heavy atom. The van der Waals surface area contributed by atoms with Crippen molar-refractivity contribution in [3.63, 3.8) is 0 Å². The lowest BCUT2D eigenvalue weighted by Gasteiger charge is -2.30. The molecule has 2 amide bonds. The Kier molecular flexibility index (Phi) is 12.3. The number of benzene rings is 3. The molecule has 7 nitrogen and oxygen atoms in total. The van der Waals surface area contributed by atoms with Crippen LogP contribution in [0.25, 0.3) is 0 Å². The SMILES string of the molecule is CCC(C)(C)c1ccc(OCCCC(=O)Nc2cc(C(=O)C(Cl)(Br)C(=O)Nc3ccccc3)ccc2OC)c(C(C)(C)CC)c1. The number of halogens is 2. The van der Waals surface area contributed by atoms with Crippen molar-refractivity contribution in [1.82, 2.24) is 0 Å². The molecule has 0 bridgehead atoms. The van der Waals surface area contributed by atoms with Crippen LogP contribution in [-0.2, 0) is 20.4 Å². The van der Waals surface area contributed by atoms with Crippen LogP contribution in [0.5, 0.6) is 11.5 Å². The first kappa shape index (κ1) is 36.1. The molecule has 0 radical (unpaired) electrons. The van der Waals surface area contributed by atoms with Crippen LogP contribution in [0.2, 0.25) is 0 Å². The third kappa shape index (κ3) is 9.10. The number of hydrogen-bond acceptors (Lipinski definition) is 5. The molecular formula is C36H44BrClN2O5. The number of carbonyl (C=O) groups excluding carboxylic acids is 3. The molecule has 1 atom stereocenters. The quantitative estimate of drug-likeness (QED) is 0.0715. The van der Waals surface area contributed by atoms with Gasteiger partial charge in [0.15, 0.2) is 0 Å². The van der Waals surface area contributed by atoms with Crippen molar-refractivity contribution in [3.8, 4) is 11.5 Å². The van der Waals surface area contributed by atoms with Crippen molar-refractivity contribution < 1.29 is 23.9 Å². The molecule has 2 N–H and O–H groups in total. The number of carbonyl (C=O) groups is 3. The zero-order chi connectivity index (χ0) is 33.4. The van der Waals surface area contributed by atoms with Gasteiger partial charge in [-0.05, 0) is 88.0 Å². The summed E-state index contributed by atoms with van der Waals surface area (Å²) in [6.45, 7) is 13.7. The smallest absolute Gasteiger partial charge is 0.264 e. The minimum atomic E-state index is -2.06. The van der Waals surface area contributed by atoms with E-state index < -0.39 is 15.5 Å². The first-order chi connectivity index (χ1) is 21.2. The number of nitrogens with one attached hydrogen (secondary N) is 2. The summed E-state index contributed by atoms with van der Waals surface area (Å²) >= 11 is 9.49. The summed E-state index contributed by atoms with van der Waals surface area (Å²) in [4.78, 5) is 39.1. The van der Waals surface area contributed by atoms with Crippen molar-refractivity contribution in [2.24, 2.45) is 0 Å². The third-order valence-electron chi connectivity index (χ3n) is 8.40. The van der Waals surface area contributed by atoms with Gasteiger partial charge in [0.05, 0.1) is 19.4 Å². The van der Waals surface area contributed by atoms with E-state index in [2.05, 4.69) is 80.2 Å². The highest BCUT2D eigenvalue weighted by molar-refractivity contribution is 9.11. The van der Waals surface area contributed by atoms with Crippen LogP contribution in [0.3, 0.4) is 0 Å². The second-order valence-electron chi connectivity index (χ2n) is 12.3. The number of anilines is 2. The summed E-state index contributed by atoms with van der Waals surface area (Å²) in [6, 6.07) is 19.6. The number of Topliss-reactive ketones (excluding diaryl/α,β-unsaturated/α-hetero) is 1. The summed E-state index contributed by atoms with van der Waals surface area (Å²) < 4.78 is 9.55. The fraction of sp³-hybridized carbons (Fsp3) is 0.417. The zero-order valence-electron chi connectivity index (χ0n) is 27.2. The highest BCUT2D eigenvalue weighted by atomic mass is 79.9. The van der Waals surface area contributed by atoms with E-state index in [9.17, 15) is 14.4 Å². The van der Waals surface area contributed by atoms with Gasteiger partial charge in [0, 0.05) is 23.2 Å². The molecule has 9 heteroatoms. The number of amides is 2. The largest absolute Gasteiger partial charge is 0.495 e. The molecule has 0 aliphatic carbocycles. The van der Waals surface area contributed by atoms with Crippen molar-refractivity contribution in [2.75, 3.05) is 24.4 Å². The van der Waals surface area contributed by atoms with Crippen LogP contribution in [0, 0.1) is 0 Å². The van der Waals surface area contributed by atoms with E-state index in [1.165, 1.54) is 30.4 Å². The number of methoxy groups -OCH3 is 1. The van der Waals surface area contributed by atoms with Gasteiger partial charge in [0.2, 0.25) is 15.5 Å². The van der Waals surface area contributed by atoms with Gasteiger partial charge < -0.3 is 20.1 Å². The van der Waals surface area contributed by atoms with Gasteiger partial charge in [0.25, 0.3) is 5.91 Å². The lowest BCUT2D eigenvalue weighted by atomic mass is 9.76. The van der Waals surface area contributed by atoms with Gasteiger partial charge in [-0.2, -0.15) is 0 Å². The summed E-state index contributed by atoms with van der Waals surface area (Å²) in [7, 11) is 1.46. The number of rotatable bonds is 15. The highest BCUT2D eigenvalue weighted by Gasteiger charge is 2.42. The Bertz CT molecular complexity index is 1500. The number of para-hydroxylation sites is 1. The van der Waals surface area contributed by atoms with Crippen molar-refractivity contribution in [3.05, 3.63) is 83.4 Å². The summed E-state index contributed by atoms with van der Waals surface area (Å²) in [5.74, 6) is -0.504. The van der Waals surface area contributed by atoms with Crippen LogP contribution < -0.4 is 20.1 Å². The predicted octanol–water partition coefficient (Wildman–Crippen LogP) is 9.02. The Labute approximate surface area is 280 Å². The Balaban J connectivity index is 1.66. The number of alkyl halides is 2. The number of hydrogen-bond donors (Lipinski definition) is 2. The molecule has 0 heterocycles. The molecule has 0 spiro atoms. The maximum absolute atomic E-state index is 13.3. The summed E-state index contributed by atoms with van der Waals surface area (Å²) in [5.41, 5.74) is 3.35. The standard InChI is InChI=1S/C36H44BrClN2O5/c1-8-34(3,4)25-18-20-29(27(23-25)35(5,6)9-2)45-21-13-16-31(41)40-28-22-24(17-19-30(28)44-7)32(42)36(37,38)33(43)39-26-14-11-10-12-15-26/h10-12,14-15,17-20,22-23H,8-9,13,16,21H2,1-7H3,(H,39,43)(H,40,41). The lowest BCUT2D eigenvalue weighted by Crippen LogP contribution is -2.39. The van der Waals surface area contributed by atoms with Crippen molar-refractivity contribution in [2.45, 2.75) is 81.8 Å². The predicted molar refractivity (Wildman–Crippen MR) is 186 cm³/mol. The summed E-state index contributed by atoms with van der Waals surface area (Å²) in [5, 5.41) is 5.45. The second kappa shape index (κ2) is 15.3. The van der Waals surface area contributed by atoms with E-state index in [0.29, 0.717) is 30.2 Å². The molecule has 0 aliphatic heterocycles. The van der Waals surface area contributed by atoms with E-state index in [-0.39, 0.29) is 28.7 Å². The van der Waals surface area contributed by atoms with Gasteiger partial charge in [-0.1, -0.05) is 83.5 Å². The zero-order valence-corrected chi connectivity index (χ0v) is 29.5. The van der Waals surface area contributed by atoms with E-state index in [1.54, 1.807) is 36.4 Å². The highest BCUT2D eigenvalue weighted by Crippen LogP contribution is 2.39. The average molecular weight is 700 g/mol. The fourth-order valence-corrected chi connectivity index (χ4v) is 5.07. The van der Waals surface area contributed by atoms with E-state index >= 15 is 0 Å². The van der Waals surface area contributed by atoms with Gasteiger partial charge in [0.1, 0.15) is 11.5 Å². The van der Waals surface area contributed by atoms with E-state index in [0.717, 1.165) is 18.6 Å².